The number of amides is 1. The number of carbonyl (C=O) groups excluding carboxylic acids is 1. The average Bonchev–Trinajstić information content (AvgIpc) is 2.84. The quantitative estimate of drug-likeness (QED) is 0.322. The Bertz CT molecular complexity index is 1500. The lowest BCUT2D eigenvalue weighted by Gasteiger charge is -2.11. The molecular formula is C25H17ClN4O4. The molecule has 0 saturated heterocycles. The minimum atomic E-state index is -0.710. The molecule has 2 heterocycles. The predicted octanol–water partition coefficient (Wildman–Crippen LogP) is 4.69. The van der Waals surface area contributed by atoms with Crippen LogP contribution in [-0.4, -0.2) is 22.4 Å². The zero-order valence-corrected chi connectivity index (χ0v) is 18.6. The summed E-state index contributed by atoms with van der Waals surface area (Å²) in [5.41, 5.74) is -0.124. The zero-order chi connectivity index (χ0) is 24.1. The van der Waals surface area contributed by atoms with Crippen molar-refractivity contribution in [1.29, 1.82) is 5.26 Å². The summed E-state index contributed by atoms with van der Waals surface area (Å²) in [4.78, 5) is 30.4. The van der Waals surface area contributed by atoms with Gasteiger partial charge in [-0.05, 0) is 60.7 Å². The first kappa shape index (κ1) is 22.6. The molecule has 168 valence electrons. The number of halogens is 1. The first-order valence-electron chi connectivity index (χ1n) is 10.0. The molecule has 0 bridgehead atoms. The maximum Gasteiger partial charge on any atom is 0.269 e. The summed E-state index contributed by atoms with van der Waals surface area (Å²) < 4.78 is 12.3. The van der Waals surface area contributed by atoms with Gasteiger partial charge in [0, 0.05) is 16.9 Å². The molecule has 0 aliphatic heterocycles. The highest BCUT2D eigenvalue weighted by Crippen LogP contribution is 2.26. The average molecular weight is 473 g/mol. The van der Waals surface area contributed by atoms with Crippen molar-refractivity contribution in [3.63, 3.8) is 0 Å². The van der Waals surface area contributed by atoms with E-state index in [4.69, 9.17) is 21.1 Å². The van der Waals surface area contributed by atoms with Gasteiger partial charge in [0.2, 0.25) is 5.88 Å². The number of hydrogen-bond acceptors (Lipinski definition) is 6. The minimum Gasteiger partial charge on any atom is -0.497 e. The van der Waals surface area contributed by atoms with Gasteiger partial charge in [0.15, 0.2) is 0 Å². The number of pyridine rings is 1. The molecule has 1 N–H and O–H groups in total. The SMILES string of the molecule is COc1ccc(Oc2nc3ccccn3c(=O)c2/C=C(/C#N)C(=O)Nc2cccc(Cl)c2)cc1. The molecule has 0 unspecified atom stereocenters. The van der Waals surface area contributed by atoms with Gasteiger partial charge >= 0.3 is 0 Å². The van der Waals surface area contributed by atoms with Crippen molar-refractivity contribution in [3.8, 4) is 23.4 Å². The van der Waals surface area contributed by atoms with Crippen molar-refractivity contribution in [2.45, 2.75) is 0 Å². The molecule has 4 rings (SSSR count). The van der Waals surface area contributed by atoms with Gasteiger partial charge < -0.3 is 14.8 Å². The smallest absolute Gasteiger partial charge is 0.269 e. The van der Waals surface area contributed by atoms with Crippen LogP contribution in [0.4, 0.5) is 5.69 Å². The topological polar surface area (TPSA) is 106 Å². The number of nitrogens with zero attached hydrogens (tertiary/aromatic N) is 3. The summed E-state index contributed by atoms with van der Waals surface area (Å²) in [6.45, 7) is 0. The first-order chi connectivity index (χ1) is 16.5. The maximum absolute atomic E-state index is 13.2. The Labute approximate surface area is 199 Å². The highest BCUT2D eigenvalue weighted by Gasteiger charge is 2.17. The van der Waals surface area contributed by atoms with Crippen molar-refractivity contribution >= 4 is 34.9 Å². The van der Waals surface area contributed by atoms with Gasteiger partial charge in [-0.2, -0.15) is 10.2 Å². The van der Waals surface area contributed by atoms with Crippen LogP contribution in [0.15, 0.2) is 83.3 Å². The van der Waals surface area contributed by atoms with Crippen LogP contribution >= 0.6 is 11.6 Å². The molecule has 0 aliphatic rings. The second-order valence-corrected chi connectivity index (χ2v) is 7.41. The van der Waals surface area contributed by atoms with Crippen LogP contribution in [-0.2, 0) is 4.79 Å². The number of methoxy groups -OCH3 is 1. The highest BCUT2D eigenvalue weighted by molar-refractivity contribution is 6.31. The van der Waals surface area contributed by atoms with Crippen molar-refractivity contribution < 1.29 is 14.3 Å². The van der Waals surface area contributed by atoms with Crippen LogP contribution in [0.5, 0.6) is 17.4 Å². The Morgan fingerprint density at radius 3 is 2.59 bits per heavy atom. The summed E-state index contributed by atoms with van der Waals surface area (Å²) in [7, 11) is 1.54. The second-order valence-electron chi connectivity index (χ2n) is 6.98. The molecule has 2 aromatic carbocycles. The third-order valence-electron chi connectivity index (χ3n) is 4.74. The summed E-state index contributed by atoms with van der Waals surface area (Å²) in [5, 5.41) is 12.7. The van der Waals surface area contributed by atoms with Gasteiger partial charge in [0.1, 0.15) is 34.4 Å². The monoisotopic (exact) mass is 472 g/mol. The van der Waals surface area contributed by atoms with Crippen LogP contribution in [0, 0.1) is 11.3 Å². The third-order valence-corrected chi connectivity index (χ3v) is 4.98. The van der Waals surface area contributed by atoms with E-state index in [0.29, 0.717) is 27.9 Å². The predicted molar refractivity (Wildman–Crippen MR) is 128 cm³/mol. The van der Waals surface area contributed by atoms with Gasteiger partial charge in [-0.25, -0.2) is 0 Å². The van der Waals surface area contributed by atoms with Crippen LogP contribution in [0.2, 0.25) is 5.02 Å². The van der Waals surface area contributed by atoms with E-state index in [1.807, 2.05) is 6.07 Å². The fourth-order valence-electron chi connectivity index (χ4n) is 3.10. The van der Waals surface area contributed by atoms with E-state index in [1.165, 1.54) is 10.6 Å². The molecule has 9 heteroatoms. The first-order valence-corrected chi connectivity index (χ1v) is 10.4. The Morgan fingerprint density at radius 1 is 1.12 bits per heavy atom. The number of nitriles is 1. The third kappa shape index (κ3) is 4.90. The Morgan fingerprint density at radius 2 is 1.88 bits per heavy atom. The van der Waals surface area contributed by atoms with E-state index in [2.05, 4.69) is 10.3 Å². The lowest BCUT2D eigenvalue weighted by molar-refractivity contribution is -0.112. The van der Waals surface area contributed by atoms with Crippen LogP contribution in [0.25, 0.3) is 11.7 Å². The minimum absolute atomic E-state index is 0.0512. The highest BCUT2D eigenvalue weighted by atomic mass is 35.5. The van der Waals surface area contributed by atoms with Crippen molar-refractivity contribution in [1.82, 2.24) is 9.38 Å². The molecule has 0 radical (unpaired) electrons. The van der Waals surface area contributed by atoms with Crippen LogP contribution in [0.3, 0.4) is 0 Å². The largest absolute Gasteiger partial charge is 0.497 e. The Hall–Kier alpha value is -4.61. The van der Waals surface area contributed by atoms with Gasteiger partial charge in [0.25, 0.3) is 11.5 Å². The molecule has 0 spiro atoms. The summed E-state index contributed by atoms with van der Waals surface area (Å²) in [6.07, 6.45) is 2.70. The van der Waals surface area contributed by atoms with Crippen molar-refractivity contribution in [2.75, 3.05) is 12.4 Å². The molecule has 0 aliphatic carbocycles. The van der Waals surface area contributed by atoms with Crippen LogP contribution < -0.4 is 20.3 Å². The van der Waals surface area contributed by atoms with Crippen molar-refractivity contribution in [3.05, 3.63) is 99.4 Å². The number of rotatable bonds is 6. The molecule has 0 atom stereocenters. The van der Waals surface area contributed by atoms with E-state index in [-0.39, 0.29) is 17.0 Å². The van der Waals surface area contributed by atoms with Crippen molar-refractivity contribution in [2.24, 2.45) is 0 Å². The number of ether oxygens (including phenoxy) is 2. The molecule has 0 saturated carbocycles. The normalized spacial score (nSPS) is 11.0. The van der Waals surface area contributed by atoms with Gasteiger partial charge in [-0.3, -0.25) is 14.0 Å². The van der Waals surface area contributed by atoms with E-state index in [9.17, 15) is 14.9 Å². The molecular weight excluding hydrogens is 456 g/mol. The number of nitrogens with one attached hydrogen (secondary N) is 1. The van der Waals surface area contributed by atoms with E-state index >= 15 is 0 Å². The molecule has 0 fully saturated rings. The summed E-state index contributed by atoms with van der Waals surface area (Å²) >= 11 is 5.96. The van der Waals surface area contributed by atoms with E-state index < -0.39 is 11.5 Å². The number of anilines is 1. The Kier molecular flexibility index (Phi) is 6.57. The van der Waals surface area contributed by atoms with Gasteiger partial charge in [-0.1, -0.05) is 23.7 Å². The molecule has 2 aromatic heterocycles. The van der Waals surface area contributed by atoms with Crippen LogP contribution in [0.1, 0.15) is 5.56 Å². The summed E-state index contributed by atoms with van der Waals surface area (Å²) in [6, 6.07) is 20.1. The van der Waals surface area contributed by atoms with Gasteiger partial charge in [-0.15, -0.1) is 0 Å². The number of aromatic nitrogens is 2. The molecule has 8 nitrogen and oxygen atoms in total. The number of benzene rings is 2. The number of hydrogen-bond donors (Lipinski definition) is 1. The Balaban J connectivity index is 1.78. The second kappa shape index (κ2) is 9.90. The molecule has 4 aromatic rings. The maximum atomic E-state index is 13.2. The summed E-state index contributed by atoms with van der Waals surface area (Å²) in [5.74, 6) is 0.260. The number of carbonyl (C=O) groups is 1. The molecule has 1 amide bonds. The lowest BCUT2D eigenvalue weighted by atomic mass is 10.1. The fourth-order valence-corrected chi connectivity index (χ4v) is 3.29. The van der Waals surface area contributed by atoms with E-state index in [0.717, 1.165) is 6.08 Å². The standard InChI is InChI=1S/C25H17ClN4O4/c1-33-19-8-10-20(11-9-19)34-24-21(25(32)30-12-3-2-7-22(30)29-24)13-16(15-27)23(31)28-18-6-4-5-17(26)14-18/h2-14H,1H3,(H,28,31)/b16-13-. The molecule has 34 heavy (non-hydrogen) atoms. The van der Waals surface area contributed by atoms with Gasteiger partial charge in [0.05, 0.1) is 7.11 Å². The number of fused-ring (bicyclic) bond motifs is 1. The fraction of sp³-hybridized carbons (Fsp3) is 0.0400. The zero-order valence-electron chi connectivity index (χ0n) is 17.9. The lowest BCUT2D eigenvalue weighted by Crippen LogP contribution is -2.20. The van der Waals surface area contributed by atoms with E-state index in [1.54, 1.807) is 73.8 Å².